The van der Waals surface area contributed by atoms with Crippen LogP contribution in [0.1, 0.15) is 17.5 Å². The Bertz CT molecular complexity index is 679. The fourth-order valence-corrected chi connectivity index (χ4v) is 2.69. The quantitative estimate of drug-likeness (QED) is 0.631. The van der Waals surface area contributed by atoms with E-state index in [1.807, 2.05) is 12.1 Å². The molecule has 0 N–H and O–H groups in total. The molecular formula is C16H15NO4. The summed E-state index contributed by atoms with van der Waals surface area (Å²) in [5.74, 6) is 2.30. The first-order valence-electron chi connectivity index (χ1n) is 6.80. The Labute approximate surface area is 122 Å². The van der Waals surface area contributed by atoms with Crippen LogP contribution in [0.25, 0.3) is 0 Å². The van der Waals surface area contributed by atoms with Crippen LogP contribution in [-0.2, 0) is 12.8 Å². The van der Waals surface area contributed by atoms with E-state index in [0.717, 1.165) is 30.8 Å². The molecule has 0 spiro atoms. The topological polar surface area (TPSA) is 61.6 Å². The zero-order valence-corrected chi connectivity index (χ0v) is 11.7. The van der Waals surface area contributed by atoms with Gasteiger partial charge in [-0.3, -0.25) is 10.1 Å². The summed E-state index contributed by atoms with van der Waals surface area (Å²) in [6.45, 7) is 0. The number of nitro groups is 1. The highest BCUT2D eigenvalue weighted by molar-refractivity contribution is 5.52. The average molecular weight is 285 g/mol. The van der Waals surface area contributed by atoms with E-state index in [0.29, 0.717) is 5.75 Å². The minimum atomic E-state index is -0.422. The van der Waals surface area contributed by atoms with Crippen molar-refractivity contribution in [3.05, 3.63) is 57.6 Å². The molecule has 0 aliphatic heterocycles. The minimum Gasteiger partial charge on any atom is -0.496 e. The van der Waals surface area contributed by atoms with Crippen LogP contribution in [0.5, 0.6) is 17.2 Å². The highest BCUT2D eigenvalue weighted by Crippen LogP contribution is 2.38. The van der Waals surface area contributed by atoms with Crippen molar-refractivity contribution in [1.29, 1.82) is 0 Å². The summed E-state index contributed by atoms with van der Waals surface area (Å²) in [6.07, 6.45) is 3.05. The fourth-order valence-electron chi connectivity index (χ4n) is 2.69. The molecule has 2 aromatic rings. The zero-order valence-electron chi connectivity index (χ0n) is 11.7. The summed E-state index contributed by atoms with van der Waals surface area (Å²) in [7, 11) is 1.67. The molecule has 0 saturated heterocycles. The first-order valence-corrected chi connectivity index (χ1v) is 6.80. The Balaban J connectivity index is 1.88. The minimum absolute atomic E-state index is 0.0577. The lowest BCUT2D eigenvalue weighted by Crippen LogP contribution is -1.95. The molecule has 5 nitrogen and oxygen atoms in total. The van der Waals surface area contributed by atoms with E-state index < -0.39 is 4.92 Å². The molecule has 5 heteroatoms. The smallest absolute Gasteiger partial charge is 0.269 e. The lowest BCUT2D eigenvalue weighted by molar-refractivity contribution is -0.384. The molecule has 0 bridgehead atoms. The second-order valence-electron chi connectivity index (χ2n) is 4.93. The summed E-state index contributed by atoms with van der Waals surface area (Å²) in [6, 6.07) is 9.92. The molecule has 21 heavy (non-hydrogen) atoms. The van der Waals surface area contributed by atoms with Gasteiger partial charge in [0, 0.05) is 23.3 Å². The van der Waals surface area contributed by atoms with Gasteiger partial charge in [-0.1, -0.05) is 0 Å². The highest BCUT2D eigenvalue weighted by atomic mass is 16.6. The summed E-state index contributed by atoms with van der Waals surface area (Å²) in [5.41, 5.74) is 2.44. The lowest BCUT2D eigenvalue weighted by Gasteiger charge is -2.13. The van der Waals surface area contributed by atoms with Crippen molar-refractivity contribution < 1.29 is 14.4 Å². The molecule has 108 valence electrons. The summed E-state index contributed by atoms with van der Waals surface area (Å²) >= 11 is 0. The molecule has 3 rings (SSSR count). The molecule has 0 fully saturated rings. The van der Waals surface area contributed by atoms with E-state index in [9.17, 15) is 10.1 Å². The van der Waals surface area contributed by atoms with Gasteiger partial charge in [0.15, 0.2) is 0 Å². The summed E-state index contributed by atoms with van der Waals surface area (Å²) in [4.78, 5) is 10.2. The molecule has 0 aromatic heterocycles. The monoisotopic (exact) mass is 285 g/mol. The fraction of sp³-hybridized carbons (Fsp3) is 0.250. The predicted molar refractivity (Wildman–Crippen MR) is 78.2 cm³/mol. The third-order valence-electron chi connectivity index (χ3n) is 3.69. The highest BCUT2D eigenvalue weighted by Gasteiger charge is 2.20. The van der Waals surface area contributed by atoms with Gasteiger partial charge < -0.3 is 9.47 Å². The Hall–Kier alpha value is -2.56. The normalized spacial score (nSPS) is 12.8. The van der Waals surface area contributed by atoms with E-state index in [2.05, 4.69) is 0 Å². The molecule has 0 heterocycles. The summed E-state index contributed by atoms with van der Waals surface area (Å²) in [5, 5.41) is 10.6. The SMILES string of the molecule is COc1ccc(Oc2ccc([N+](=O)[O-])cc2)c2c1CCC2. The summed E-state index contributed by atoms with van der Waals surface area (Å²) < 4.78 is 11.3. The molecular weight excluding hydrogens is 270 g/mol. The largest absolute Gasteiger partial charge is 0.496 e. The van der Waals surface area contributed by atoms with Crippen LogP contribution in [0.4, 0.5) is 5.69 Å². The van der Waals surface area contributed by atoms with Gasteiger partial charge in [0.05, 0.1) is 12.0 Å². The number of benzene rings is 2. The third kappa shape index (κ3) is 2.54. The second-order valence-corrected chi connectivity index (χ2v) is 4.93. The number of nitrogens with zero attached hydrogens (tertiary/aromatic N) is 1. The number of hydrogen-bond acceptors (Lipinski definition) is 4. The molecule has 0 radical (unpaired) electrons. The number of methoxy groups -OCH3 is 1. The maximum Gasteiger partial charge on any atom is 0.269 e. The average Bonchev–Trinajstić information content (AvgIpc) is 2.98. The van der Waals surface area contributed by atoms with Crippen molar-refractivity contribution in [3.63, 3.8) is 0 Å². The number of hydrogen-bond donors (Lipinski definition) is 0. The van der Waals surface area contributed by atoms with Gasteiger partial charge in [-0.25, -0.2) is 0 Å². The van der Waals surface area contributed by atoms with Gasteiger partial charge >= 0.3 is 0 Å². The van der Waals surface area contributed by atoms with Crippen LogP contribution in [0.3, 0.4) is 0 Å². The van der Waals surface area contributed by atoms with Crippen LogP contribution < -0.4 is 9.47 Å². The Morgan fingerprint density at radius 2 is 1.62 bits per heavy atom. The first-order chi connectivity index (χ1) is 10.2. The maximum atomic E-state index is 10.6. The first kappa shape index (κ1) is 13.4. The Kier molecular flexibility index (Phi) is 3.48. The number of ether oxygens (including phenoxy) is 2. The zero-order chi connectivity index (χ0) is 14.8. The standard InChI is InChI=1S/C16H15NO4/c1-20-15-9-10-16(14-4-2-3-13(14)15)21-12-7-5-11(6-8-12)17(18)19/h5-10H,2-4H2,1H3. The van der Waals surface area contributed by atoms with Gasteiger partial charge in [-0.2, -0.15) is 0 Å². The van der Waals surface area contributed by atoms with Crippen molar-refractivity contribution in [2.75, 3.05) is 7.11 Å². The van der Waals surface area contributed by atoms with Crippen molar-refractivity contribution in [2.45, 2.75) is 19.3 Å². The van der Waals surface area contributed by atoms with Crippen molar-refractivity contribution in [1.82, 2.24) is 0 Å². The van der Waals surface area contributed by atoms with Crippen molar-refractivity contribution in [3.8, 4) is 17.2 Å². The van der Waals surface area contributed by atoms with Gasteiger partial charge in [0.1, 0.15) is 17.2 Å². The third-order valence-corrected chi connectivity index (χ3v) is 3.69. The van der Waals surface area contributed by atoms with Gasteiger partial charge in [0.25, 0.3) is 5.69 Å². The van der Waals surface area contributed by atoms with Crippen molar-refractivity contribution >= 4 is 5.69 Å². The maximum absolute atomic E-state index is 10.6. The van der Waals surface area contributed by atoms with Gasteiger partial charge in [-0.15, -0.1) is 0 Å². The molecule has 1 aliphatic rings. The van der Waals surface area contributed by atoms with Gasteiger partial charge in [0.2, 0.25) is 0 Å². The second kappa shape index (κ2) is 5.44. The number of non-ortho nitro benzene ring substituents is 1. The predicted octanol–water partition coefficient (Wildman–Crippen LogP) is 3.88. The molecule has 2 aromatic carbocycles. The Morgan fingerprint density at radius 1 is 1.00 bits per heavy atom. The van der Waals surface area contributed by atoms with E-state index in [4.69, 9.17) is 9.47 Å². The lowest BCUT2D eigenvalue weighted by atomic mass is 10.1. The molecule has 0 atom stereocenters. The van der Waals surface area contributed by atoms with Gasteiger partial charge in [-0.05, 0) is 43.5 Å². The molecule has 0 amide bonds. The van der Waals surface area contributed by atoms with Crippen LogP contribution in [-0.4, -0.2) is 12.0 Å². The van der Waals surface area contributed by atoms with Crippen LogP contribution >= 0.6 is 0 Å². The van der Waals surface area contributed by atoms with Crippen LogP contribution in [0.2, 0.25) is 0 Å². The van der Waals surface area contributed by atoms with E-state index in [1.54, 1.807) is 19.2 Å². The van der Waals surface area contributed by atoms with E-state index in [1.165, 1.54) is 23.3 Å². The van der Waals surface area contributed by atoms with E-state index >= 15 is 0 Å². The molecule has 0 unspecified atom stereocenters. The molecule has 1 aliphatic carbocycles. The number of nitro benzene ring substituents is 1. The molecule has 0 saturated carbocycles. The van der Waals surface area contributed by atoms with Crippen LogP contribution in [0.15, 0.2) is 36.4 Å². The van der Waals surface area contributed by atoms with Crippen molar-refractivity contribution in [2.24, 2.45) is 0 Å². The Morgan fingerprint density at radius 3 is 2.24 bits per heavy atom. The van der Waals surface area contributed by atoms with E-state index in [-0.39, 0.29) is 5.69 Å². The number of rotatable bonds is 4. The number of fused-ring (bicyclic) bond motifs is 1. The van der Waals surface area contributed by atoms with Crippen LogP contribution in [0, 0.1) is 10.1 Å².